The van der Waals surface area contributed by atoms with Gasteiger partial charge in [-0.2, -0.15) is 24.9 Å². The molecule has 5 heteroatoms. The first-order chi connectivity index (χ1) is 20.3. The van der Waals surface area contributed by atoms with E-state index in [1.807, 2.05) is 42.5 Å². The molecule has 0 N–H and O–H groups in total. The van der Waals surface area contributed by atoms with E-state index in [0.717, 1.165) is 16.9 Å². The van der Waals surface area contributed by atoms with Gasteiger partial charge in [-0.15, -0.1) is 41.3 Å². The van der Waals surface area contributed by atoms with Gasteiger partial charge in [-0.3, -0.25) is 0 Å². The molecule has 0 amide bonds. The van der Waals surface area contributed by atoms with Gasteiger partial charge in [0.2, 0.25) is 0 Å². The molecule has 0 saturated carbocycles. The van der Waals surface area contributed by atoms with E-state index in [0.29, 0.717) is 0 Å². The molecule has 0 spiro atoms. The Hall–Kier alpha value is -4.70. The summed E-state index contributed by atoms with van der Waals surface area (Å²) in [7, 11) is 2.10. The summed E-state index contributed by atoms with van der Waals surface area (Å²) in [4.78, 5) is 8.66. The average Bonchev–Trinajstić information content (AvgIpc) is 3.69. The predicted octanol–water partition coefficient (Wildman–Crippen LogP) is 8.89. The summed E-state index contributed by atoms with van der Waals surface area (Å²) in [5, 5.41) is 5.17. The number of pyridine rings is 1. The molecular weight excluding hydrogens is 693 g/mol. The molecule has 9 rings (SSSR count). The number of anilines is 3. The van der Waals surface area contributed by atoms with Crippen molar-refractivity contribution < 1.29 is 20.1 Å². The molecule has 202 valence electrons. The van der Waals surface area contributed by atoms with Crippen LogP contribution in [0.5, 0.6) is 0 Å². The van der Waals surface area contributed by atoms with E-state index >= 15 is 0 Å². The van der Waals surface area contributed by atoms with E-state index in [-0.39, 0.29) is 20.1 Å². The van der Waals surface area contributed by atoms with Crippen molar-refractivity contribution in [2.75, 3.05) is 16.8 Å². The Balaban J connectivity index is 0.000000188. The summed E-state index contributed by atoms with van der Waals surface area (Å²) in [6.07, 6.45) is 1.79. The van der Waals surface area contributed by atoms with Crippen LogP contribution in [0.3, 0.4) is 0 Å². The van der Waals surface area contributed by atoms with Gasteiger partial charge in [0.05, 0.1) is 0 Å². The molecule has 0 aliphatic carbocycles. The molecule has 42 heavy (non-hydrogen) atoms. The van der Waals surface area contributed by atoms with Crippen molar-refractivity contribution in [1.82, 2.24) is 9.38 Å². The number of hydrogen-bond donors (Lipinski definition) is 0. The van der Waals surface area contributed by atoms with Gasteiger partial charge in [0.1, 0.15) is 0 Å². The molecule has 5 aromatic carbocycles. The smallest absolute Gasteiger partial charge is 0.504 e. The summed E-state index contributed by atoms with van der Waals surface area (Å²) < 4.78 is 2.43. The van der Waals surface area contributed by atoms with Crippen LogP contribution in [-0.4, -0.2) is 16.4 Å². The van der Waals surface area contributed by atoms with E-state index < -0.39 is 0 Å². The second kappa shape index (κ2) is 10.6. The van der Waals surface area contributed by atoms with Gasteiger partial charge in [-0.05, 0) is 47.9 Å². The van der Waals surface area contributed by atoms with Gasteiger partial charge in [-0.25, -0.2) is 0 Å². The first kappa shape index (κ1) is 26.2. The predicted molar refractivity (Wildman–Crippen MR) is 170 cm³/mol. The van der Waals surface area contributed by atoms with Crippen LogP contribution in [0, 0.1) is 18.8 Å². The maximum absolute atomic E-state index is 4.22. The SMILES string of the molecule is CN1[CH-]N(c2[c-]ccc3c4cccc5c6ccccc6n(c23)c54)c2ccccc21.[Ir+3].[c-]1ccccc1-c1ccccn1. The van der Waals surface area contributed by atoms with Gasteiger partial charge < -0.3 is 19.2 Å². The second-order valence-corrected chi connectivity index (χ2v) is 10.2. The van der Waals surface area contributed by atoms with Gasteiger partial charge >= 0.3 is 20.1 Å². The summed E-state index contributed by atoms with van der Waals surface area (Å²) in [6, 6.07) is 48.5. The minimum absolute atomic E-state index is 0. The van der Waals surface area contributed by atoms with Gasteiger partial charge in [0.25, 0.3) is 0 Å². The van der Waals surface area contributed by atoms with Crippen LogP contribution in [0.2, 0.25) is 0 Å². The molecule has 0 saturated heterocycles. The molecular formula is C37H25IrN4. The molecule has 3 aromatic heterocycles. The second-order valence-electron chi connectivity index (χ2n) is 10.2. The van der Waals surface area contributed by atoms with Crippen molar-refractivity contribution in [2.24, 2.45) is 0 Å². The Bertz CT molecular complexity index is 2120. The topological polar surface area (TPSA) is 23.8 Å². The van der Waals surface area contributed by atoms with Crippen LogP contribution in [0.4, 0.5) is 17.1 Å². The van der Waals surface area contributed by atoms with E-state index in [4.69, 9.17) is 0 Å². The normalized spacial score (nSPS) is 12.5. The van der Waals surface area contributed by atoms with E-state index in [2.05, 4.69) is 124 Å². The zero-order chi connectivity index (χ0) is 27.3. The molecule has 8 aromatic rings. The minimum atomic E-state index is 0. The van der Waals surface area contributed by atoms with Crippen molar-refractivity contribution in [1.29, 1.82) is 0 Å². The van der Waals surface area contributed by atoms with Crippen LogP contribution in [-0.2, 0) is 20.1 Å². The first-order valence-corrected chi connectivity index (χ1v) is 13.7. The van der Waals surface area contributed by atoms with Crippen molar-refractivity contribution >= 4 is 55.2 Å². The van der Waals surface area contributed by atoms with Crippen LogP contribution >= 0.6 is 0 Å². The largest absolute Gasteiger partial charge is 3.00 e. The first-order valence-electron chi connectivity index (χ1n) is 13.7. The molecule has 0 radical (unpaired) electrons. The van der Waals surface area contributed by atoms with Crippen LogP contribution in [0.25, 0.3) is 49.4 Å². The number of para-hydroxylation sites is 4. The van der Waals surface area contributed by atoms with E-state index in [1.54, 1.807) is 6.20 Å². The van der Waals surface area contributed by atoms with E-state index in [1.165, 1.54) is 49.5 Å². The zero-order valence-electron chi connectivity index (χ0n) is 22.8. The van der Waals surface area contributed by atoms with Crippen molar-refractivity contribution in [2.45, 2.75) is 0 Å². The van der Waals surface area contributed by atoms with Gasteiger partial charge in [-0.1, -0.05) is 66.4 Å². The molecule has 0 bridgehead atoms. The quantitative estimate of drug-likeness (QED) is 0.167. The number of hydrogen-bond acceptors (Lipinski definition) is 3. The Morgan fingerprint density at radius 1 is 0.619 bits per heavy atom. The number of rotatable bonds is 2. The van der Waals surface area contributed by atoms with Crippen molar-refractivity contribution in [3.8, 4) is 11.3 Å². The number of nitrogens with zero attached hydrogens (tertiary/aromatic N) is 4. The third kappa shape index (κ3) is 4.05. The van der Waals surface area contributed by atoms with Gasteiger partial charge in [0, 0.05) is 39.4 Å². The molecule has 1 aliphatic rings. The van der Waals surface area contributed by atoms with Gasteiger partial charge in [0.15, 0.2) is 0 Å². The monoisotopic (exact) mass is 718 g/mol. The molecule has 1 aliphatic heterocycles. The Morgan fingerprint density at radius 2 is 1.33 bits per heavy atom. The van der Waals surface area contributed by atoms with E-state index in [9.17, 15) is 0 Å². The third-order valence-electron chi connectivity index (χ3n) is 7.86. The maximum Gasteiger partial charge on any atom is 3.00 e. The van der Waals surface area contributed by atoms with Crippen molar-refractivity contribution in [3.05, 3.63) is 146 Å². The summed E-state index contributed by atoms with van der Waals surface area (Å²) in [5.41, 5.74) is 9.23. The average molecular weight is 718 g/mol. The fraction of sp³-hybridized carbons (Fsp3) is 0.0270. The fourth-order valence-corrected chi connectivity index (χ4v) is 6.09. The fourth-order valence-electron chi connectivity index (χ4n) is 6.09. The summed E-state index contributed by atoms with van der Waals surface area (Å²) in [6.45, 7) is 2.16. The Labute approximate surface area is 258 Å². The summed E-state index contributed by atoms with van der Waals surface area (Å²) in [5.74, 6) is 0. The molecule has 4 nitrogen and oxygen atoms in total. The van der Waals surface area contributed by atoms with Crippen LogP contribution in [0.1, 0.15) is 0 Å². The van der Waals surface area contributed by atoms with Crippen LogP contribution in [0.15, 0.2) is 128 Å². The Morgan fingerprint density at radius 3 is 2.14 bits per heavy atom. The Kier molecular flexibility index (Phi) is 6.62. The number of fused-ring (bicyclic) bond motifs is 7. The number of benzene rings is 5. The molecule has 0 fully saturated rings. The zero-order valence-corrected chi connectivity index (χ0v) is 25.2. The van der Waals surface area contributed by atoms with Crippen molar-refractivity contribution in [3.63, 3.8) is 0 Å². The standard InChI is InChI=1S/C26H17N3.C11H8N.Ir/c1-27-16-28(23-14-5-4-13-22(23)27)24-15-7-11-20-19-10-6-9-18-17-8-2-3-12-21(17)29(25(18)19)26(20)24;1-2-6-10(7-3-1)11-8-4-5-9-12-11;/h2-14,16H,1H3;1-6,8-9H;/q-2;-1;+3. The summed E-state index contributed by atoms with van der Waals surface area (Å²) >= 11 is 0. The molecule has 4 heterocycles. The number of aromatic nitrogens is 2. The van der Waals surface area contributed by atoms with Crippen LogP contribution < -0.4 is 9.80 Å². The maximum atomic E-state index is 4.22. The minimum Gasteiger partial charge on any atom is -0.504 e. The molecule has 0 atom stereocenters. The molecule has 0 unspecified atom stereocenters. The third-order valence-corrected chi connectivity index (χ3v) is 7.86.